The maximum atomic E-state index is 11.5. The highest BCUT2D eigenvalue weighted by molar-refractivity contribution is 5.92. The van der Waals surface area contributed by atoms with E-state index in [0.717, 1.165) is 0 Å². The van der Waals surface area contributed by atoms with Gasteiger partial charge in [-0.15, -0.1) is 0 Å². The first-order chi connectivity index (χ1) is 6.97. The normalized spacial score (nSPS) is 22.9. The van der Waals surface area contributed by atoms with E-state index in [1.54, 1.807) is 6.92 Å². The minimum absolute atomic E-state index is 0.0825. The topological polar surface area (TPSA) is 106 Å². The van der Waals surface area contributed by atoms with Gasteiger partial charge in [0.1, 0.15) is 6.04 Å². The van der Waals surface area contributed by atoms with E-state index in [1.165, 1.54) is 4.90 Å². The van der Waals surface area contributed by atoms with Crippen LogP contribution in [0.5, 0.6) is 0 Å². The second kappa shape index (κ2) is 4.29. The van der Waals surface area contributed by atoms with Crippen LogP contribution >= 0.6 is 0 Å². The fraction of sp³-hybridized carbons (Fsp3) is 0.667. The monoisotopic (exact) mass is 213 g/mol. The maximum absolute atomic E-state index is 11.5. The number of carbonyl (C=O) groups is 3. The summed E-state index contributed by atoms with van der Waals surface area (Å²) < 4.78 is 0. The van der Waals surface area contributed by atoms with E-state index in [2.05, 4.69) is 0 Å². The average molecular weight is 213 g/mol. The van der Waals surface area contributed by atoms with Crippen molar-refractivity contribution in [1.29, 1.82) is 0 Å². The molecule has 84 valence electrons. The molecule has 1 unspecified atom stereocenters. The molecular formula is C9H15N3O3. The Balaban J connectivity index is 2.75. The highest BCUT2D eigenvalue weighted by Gasteiger charge is 2.38. The molecular weight excluding hydrogens is 198 g/mol. The van der Waals surface area contributed by atoms with Crippen LogP contribution in [-0.2, 0) is 14.4 Å². The lowest BCUT2D eigenvalue weighted by atomic mass is 10.1. The predicted molar refractivity (Wildman–Crippen MR) is 52.3 cm³/mol. The van der Waals surface area contributed by atoms with Crippen LogP contribution in [0.3, 0.4) is 0 Å². The van der Waals surface area contributed by atoms with Crippen molar-refractivity contribution in [2.24, 2.45) is 17.4 Å². The minimum Gasteiger partial charge on any atom is -0.369 e. The van der Waals surface area contributed by atoms with Gasteiger partial charge in [0.2, 0.25) is 17.7 Å². The Kier molecular flexibility index (Phi) is 3.28. The molecule has 4 N–H and O–H groups in total. The third-order valence-electron chi connectivity index (χ3n) is 2.65. The minimum atomic E-state index is -0.623. The van der Waals surface area contributed by atoms with Gasteiger partial charge in [0.05, 0.1) is 5.92 Å². The number of rotatable bonds is 4. The van der Waals surface area contributed by atoms with Crippen molar-refractivity contribution in [3.8, 4) is 0 Å². The van der Waals surface area contributed by atoms with E-state index in [4.69, 9.17) is 11.5 Å². The van der Waals surface area contributed by atoms with Crippen LogP contribution in [-0.4, -0.2) is 35.2 Å². The SMILES string of the molecule is CC[C@@H](C(N)=O)N1CC(C(N)=O)CC1=O. The quantitative estimate of drug-likeness (QED) is 0.598. The van der Waals surface area contributed by atoms with Gasteiger partial charge in [0.15, 0.2) is 0 Å². The first-order valence-electron chi connectivity index (χ1n) is 4.85. The zero-order chi connectivity index (χ0) is 11.6. The standard InChI is InChI=1S/C9H15N3O3/c1-2-6(9(11)15)12-4-5(8(10)14)3-7(12)13/h5-6H,2-4H2,1H3,(H2,10,14)(H2,11,15)/t5?,6-/m0/s1. The fourth-order valence-corrected chi connectivity index (χ4v) is 1.80. The second-order valence-electron chi connectivity index (χ2n) is 3.68. The van der Waals surface area contributed by atoms with Gasteiger partial charge in [-0.05, 0) is 6.42 Å². The van der Waals surface area contributed by atoms with E-state index in [1.807, 2.05) is 0 Å². The van der Waals surface area contributed by atoms with Crippen LogP contribution in [0.1, 0.15) is 19.8 Å². The Morgan fingerprint density at radius 1 is 1.53 bits per heavy atom. The average Bonchev–Trinajstić information content (AvgIpc) is 2.49. The Morgan fingerprint density at radius 3 is 2.47 bits per heavy atom. The van der Waals surface area contributed by atoms with Gasteiger partial charge in [-0.3, -0.25) is 14.4 Å². The van der Waals surface area contributed by atoms with E-state index in [-0.39, 0.29) is 18.9 Å². The molecule has 0 aromatic rings. The molecule has 6 heteroatoms. The summed E-state index contributed by atoms with van der Waals surface area (Å²) >= 11 is 0. The lowest BCUT2D eigenvalue weighted by molar-refractivity contribution is -0.136. The first kappa shape index (κ1) is 11.5. The van der Waals surface area contributed by atoms with Crippen molar-refractivity contribution in [3.63, 3.8) is 0 Å². The summed E-state index contributed by atoms with van der Waals surface area (Å²) in [5.41, 5.74) is 10.3. The van der Waals surface area contributed by atoms with Crippen molar-refractivity contribution < 1.29 is 14.4 Å². The molecule has 0 aromatic heterocycles. The molecule has 3 amide bonds. The van der Waals surface area contributed by atoms with Gasteiger partial charge in [-0.25, -0.2) is 0 Å². The molecule has 0 saturated carbocycles. The van der Waals surface area contributed by atoms with Crippen LogP contribution in [0.15, 0.2) is 0 Å². The molecule has 15 heavy (non-hydrogen) atoms. The number of nitrogens with two attached hydrogens (primary N) is 2. The highest BCUT2D eigenvalue weighted by Crippen LogP contribution is 2.20. The molecule has 1 aliphatic rings. The van der Waals surface area contributed by atoms with E-state index >= 15 is 0 Å². The number of likely N-dealkylation sites (tertiary alicyclic amines) is 1. The number of carbonyl (C=O) groups excluding carboxylic acids is 3. The number of primary amides is 2. The second-order valence-corrected chi connectivity index (χ2v) is 3.68. The van der Waals surface area contributed by atoms with Crippen LogP contribution in [0.2, 0.25) is 0 Å². The van der Waals surface area contributed by atoms with Gasteiger partial charge in [-0.2, -0.15) is 0 Å². The summed E-state index contributed by atoms with van der Waals surface area (Å²) in [6, 6.07) is -0.623. The van der Waals surface area contributed by atoms with Crippen molar-refractivity contribution in [3.05, 3.63) is 0 Å². The van der Waals surface area contributed by atoms with Crippen molar-refractivity contribution in [2.75, 3.05) is 6.54 Å². The molecule has 0 aromatic carbocycles. The largest absolute Gasteiger partial charge is 0.369 e. The Morgan fingerprint density at radius 2 is 2.13 bits per heavy atom. The predicted octanol–water partition coefficient (Wildman–Crippen LogP) is -1.42. The number of hydrogen-bond acceptors (Lipinski definition) is 3. The molecule has 0 bridgehead atoms. The summed E-state index contributed by atoms with van der Waals surface area (Å²) in [7, 11) is 0. The lowest BCUT2D eigenvalue weighted by Gasteiger charge is -2.23. The third-order valence-corrected chi connectivity index (χ3v) is 2.65. The van der Waals surface area contributed by atoms with Crippen LogP contribution in [0.4, 0.5) is 0 Å². The molecule has 1 fully saturated rings. The summed E-state index contributed by atoms with van der Waals surface area (Å²) in [4.78, 5) is 34.8. The molecule has 1 rings (SSSR count). The number of hydrogen-bond donors (Lipinski definition) is 2. The van der Waals surface area contributed by atoms with Crippen LogP contribution in [0, 0.1) is 5.92 Å². The molecule has 1 heterocycles. The van der Waals surface area contributed by atoms with Gasteiger partial charge >= 0.3 is 0 Å². The van der Waals surface area contributed by atoms with Gasteiger partial charge < -0.3 is 16.4 Å². The number of nitrogens with zero attached hydrogens (tertiary/aromatic N) is 1. The molecule has 0 aliphatic carbocycles. The summed E-state index contributed by atoms with van der Waals surface area (Å²) in [5, 5.41) is 0. The van der Waals surface area contributed by atoms with E-state index < -0.39 is 23.8 Å². The van der Waals surface area contributed by atoms with Gasteiger partial charge in [0, 0.05) is 13.0 Å². The van der Waals surface area contributed by atoms with Crippen LogP contribution in [0.25, 0.3) is 0 Å². The summed E-state index contributed by atoms with van der Waals surface area (Å²) in [6.07, 6.45) is 0.533. The zero-order valence-electron chi connectivity index (χ0n) is 8.60. The Hall–Kier alpha value is -1.59. The summed E-state index contributed by atoms with van der Waals surface area (Å²) in [6.45, 7) is 1.97. The zero-order valence-corrected chi connectivity index (χ0v) is 8.60. The maximum Gasteiger partial charge on any atom is 0.240 e. The third kappa shape index (κ3) is 2.26. The molecule has 1 saturated heterocycles. The molecule has 0 radical (unpaired) electrons. The van der Waals surface area contributed by atoms with Crippen molar-refractivity contribution in [2.45, 2.75) is 25.8 Å². The first-order valence-corrected chi connectivity index (χ1v) is 4.85. The van der Waals surface area contributed by atoms with Gasteiger partial charge in [-0.1, -0.05) is 6.92 Å². The summed E-state index contributed by atoms with van der Waals surface area (Å²) in [5.74, 6) is -1.78. The lowest BCUT2D eigenvalue weighted by Crippen LogP contribution is -2.45. The molecule has 1 aliphatic heterocycles. The van der Waals surface area contributed by atoms with Gasteiger partial charge in [0.25, 0.3) is 0 Å². The molecule has 0 spiro atoms. The smallest absolute Gasteiger partial charge is 0.240 e. The highest BCUT2D eigenvalue weighted by atomic mass is 16.2. The number of amides is 3. The Labute approximate surface area is 87.6 Å². The van der Waals surface area contributed by atoms with E-state index in [0.29, 0.717) is 6.42 Å². The Bertz CT molecular complexity index is 303. The van der Waals surface area contributed by atoms with E-state index in [9.17, 15) is 14.4 Å². The van der Waals surface area contributed by atoms with Crippen LogP contribution < -0.4 is 11.5 Å². The fourth-order valence-electron chi connectivity index (χ4n) is 1.80. The molecule has 2 atom stereocenters. The van der Waals surface area contributed by atoms with Crippen molar-refractivity contribution in [1.82, 2.24) is 4.90 Å². The molecule has 6 nitrogen and oxygen atoms in total. The van der Waals surface area contributed by atoms with Crippen molar-refractivity contribution >= 4 is 17.7 Å².